The first-order valence-electron chi connectivity index (χ1n) is 7.57. The lowest BCUT2D eigenvalue weighted by atomic mass is 9.99. The average molecular weight is 283 g/mol. The van der Waals surface area contributed by atoms with Crippen molar-refractivity contribution in [2.45, 2.75) is 13.8 Å². The van der Waals surface area contributed by atoms with Gasteiger partial charge in [0.25, 0.3) is 0 Å². The summed E-state index contributed by atoms with van der Waals surface area (Å²) >= 11 is 0. The standard InChI is InChI=1S/C21H17N/c1-14-9-15(2)11-18(10-14)16-7-8-21-19(12-16)13-17-5-3-4-6-20(17)22-21/h3-13H,1-2H3. The highest BCUT2D eigenvalue weighted by molar-refractivity contribution is 5.94. The lowest BCUT2D eigenvalue weighted by Crippen LogP contribution is -1.86. The summed E-state index contributed by atoms with van der Waals surface area (Å²) in [4.78, 5) is 4.75. The van der Waals surface area contributed by atoms with Crippen molar-refractivity contribution in [3.63, 3.8) is 0 Å². The van der Waals surface area contributed by atoms with Gasteiger partial charge < -0.3 is 0 Å². The second-order valence-electron chi connectivity index (χ2n) is 5.96. The number of aryl methyl sites for hydroxylation is 2. The van der Waals surface area contributed by atoms with Crippen molar-refractivity contribution < 1.29 is 0 Å². The molecule has 0 aliphatic carbocycles. The molecule has 0 N–H and O–H groups in total. The van der Waals surface area contributed by atoms with Crippen molar-refractivity contribution in [3.8, 4) is 11.1 Å². The third-order valence-electron chi connectivity index (χ3n) is 4.07. The quantitative estimate of drug-likeness (QED) is 0.410. The van der Waals surface area contributed by atoms with Crippen molar-refractivity contribution in [1.29, 1.82) is 0 Å². The van der Waals surface area contributed by atoms with E-state index in [0.717, 1.165) is 11.0 Å². The smallest absolute Gasteiger partial charge is 0.0710 e. The van der Waals surface area contributed by atoms with Crippen LogP contribution in [0.15, 0.2) is 66.7 Å². The van der Waals surface area contributed by atoms with Gasteiger partial charge in [-0.15, -0.1) is 0 Å². The van der Waals surface area contributed by atoms with Crippen LogP contribution in [-0.2, 0) is 0 Å². The number of benzene rings is 3. The van der Waals surface area contributed by atoms with Gasteiger partial charge in [-0.1, -0.05) is 53.6 Å². The molecule has 0 fully saturated rings. The summed E-state index contributed by atoms with van der Waals surface area (Å²) in [6, 6.07) is 23.7. The molecule has 0 amide bonds. The highest BCUT2D eigenvalue weighted by Gasteiger charge is 2.04. The molecule has 1 heteroatoms. The predicted molar refractivity (Wildman–Crippen MR) is 94.2 cm³/mol. The van der Waals surface area contributed by atoms with Gasteiger partial charge in [-0.2, -0.15) is 0 Å². The molecular weight excluding hydrogens is 266 g/mol. The Labute approximate surface area is 130 Å². The number of fused-ring (bicyclic) bond motifs is 2. The molecule has 1 aromatic heterocycles. The second-order valence-corrected chi connectivity index (χ2v) is 5.96. The van der Waals surface area contributed by atoms with Crippen LogP contribution in [0.1, 0.15) is 11.1 Å². The van der Waals surface area contributed by atoms with Gasteiger partial charge in [-0.25, -0.2) is 4.98 Å². The Morgan fingerprint density at radius 3 is 2.14 bits per heavy atom. The zero-order chi connectivity index (χ0) is 15.1. The monoisotopic (exact) mass is 283 g/mol. The summed E-state index contributed by atoms with van der Waals surface area (Å²) in [6.45, 7) is 4.29. The lowest BCUT2D eigenvalue weighted by molar-refractivity contribution is 1.38. The molecule has 3 aromatic carbocycles. The highest BCUT2D eigenvalue weighted by Crippen LogP contribution is 2.27. The van der Waals surface area contributed by atoms with Crippen LogP contribution in [0, 0.1) is 13.8 Å². The molecule has 0 aliphatic heterocycles. The Morgan fingerprint density at radius 2 is 1.32 bits per heavy atom. The first kappa shape index (κ1) is 13.0. The van der Waals surface area contributed by atoms with E-state index in [-0.39, 0.29) is 0 Å². The third kappa shape index (κ3) is 2.25. The fourth-order valence-corrected chi connectivity index (χ4v) is 3.10. The van der Waals surface area contributed by atoms with Crippen LogP contribution >= 0.6 is 0 Å². The number of para-hydroxylation sites is 1. The zero-order valence-corrected chi connectivity index (χ0v) is 12.8. The Kier molecular flexibility index (Phi) is 2.93. The minimum absolute atomic E-state index is 1.05. The predicted octanol–water partition coefficient (Wildman–Crippen LogP) is 5.67. The van der Waals surface area contributed by atoms with E-state index >= 15 is 0 Å². The number of hydrogen-bond acceptors (Lipinski definition) is 1. The van der Waals surface area contributed by atoms with Gasteiger partial charge >= 0.3 is 0 Å². The fraction of sp³-hybridized carbons (Fsp3) is 0.0952. The maximum Gasteiger partial charge on any atom is 0.0710 e. The molecule has 0 bridgehead atoms. The van der Waals surface area contributed by atoms with Crippen molar-refractivity contribution >= 4 is 21.8 Å². The topological polar surface area (TPSA) is 12.9 Å². The van der Waals surface area contributed by atoms with E-state index in [4.69, 9.17) is 4.98 Å². The van der Waals surface area contributed by atoms with Gasteiger partial charge in [0, 0.05) is 10.8 Å². The number of pyridine rings is 1. The van der Waals surface area contributed by atoms with E-state index in [0.29, 0.717) is 0 Å². The van der Waals surface area contributed by atoms with Gasteiger partial charge in [-0.05, 0) is 49.2 Å². The van der Waals surface area contributed by atoms with Gasteiger partial charge in [0.05, 0.1) is 11.0 Å². The molecule has 0 saturated heterocycles. The van der Waals surface area contributed by atoms with E-state index in [1.165, 1.54) is 33.0 Å². The Hall–Kier alpha value is -2.67. The Morgan fingerprint density at radius 1 is 0.591 bits per heavy atom. The average Bonchev–Trinajstić information content (AvgIpc) is 2.51. The number of hydrogen-bond donors (Lipinski definition) is 0. The first-order chi connectivity index (χ1) is 10.7. The summed E-state index contributed by atoms with van der Waals surface area (Å²) in [5.74, 6) is 0. The molecule has 1 nitrogen and oxygen atoms in total. The maximum atomic E-state index is 4.75. The molecule has 0 radical (unpaired) electrons. The van der Waals surface area contributed by atoms with E-state index < -0.39 is 0 Å². The van der Waals surface area contributed by atoms with Crippen LogP contribution in [0.2, 0.25) is 0 Å². The van der Waals surface area contributed by atoms with Crippen LogP contribution in [0.25, 0.3) is 32.9 Å². The fourth-order valence-electron chi connectivity index (χ4n) is 3.10. The van der Waals surface area contributed by atoms with Crippen molar-refractivity contribution in [1.82, 2.24) is 4.98 Å². The number of aromatic nitrogens is 1. The largest absolute Gasteiger partial charge is 0.248 e. The van der Waals surface area contributed by atoms with Crippen molar-refractivity contribution in [3.05, 3.63) is 77.9 Å². The zero-order valence-electron chi connectivity index (χ0n) is 12.8. The van der Waals surface area contributed by atoms with Gasteiger partial charge in [0.1, 0.15) is 0 Å². The summed E-state index contributed by atoms with van der Waals surface area (Å²) < 4.78 is 0. The highest BCUT2D eigenvalue weighted by atomic mass is 14.7. The minimum atomic E-state index is 1.05. The van der Waals surface area contributed by atoms with Crippen molar-refractivity contribution in [2.75, 3.05) is 0 Å². The summed E-state index contributed by atoms with van der Waals surface area (Å²) in [5, 5.41) is 2.38. The maximum absolute atomic E-state index is 4.75. The number of nitrogens with zero attached hydrogens (tertiary/aromatic N) is 1. The molecule has 22 heavy (non-hydrogen) atoms. The van der Waals surface area contributed by atoms with E-state index in [2.05, 4.69) is 74.5 Å². The van der Waals surface area contributed by atoms with E-state index in [9.17, 15) is 0 Å². The Bertz CT molecular complexity index is 979. The van der Waals surface area contributed by atoms with Crippen LogP contribution < -0.4 is 0 Å². The first-order valence-corrected chi connectivity index (χ1v) is 7.57. The minimum Gasteiger partial charge on any atom is -0.248 e. The van der Waals surface area contributed by atoms with Crippen LogP contribution in [0.4, 0.5) is 0 Å². The molecule has 1 heterocycles. The second kappa shape index (κ2) is 4.96. The Balaban J connectivity index is 1.94. The lowest BCUT2D eigenvalue weighted by Gasteiger charge is -2.07. The van der Waals surface area contributed by atoms with E-state index in [1.54, 1.807) is 0 Å². The third-order valence-corrected chi connectivity index (χ3v) is 4.07. The summed E-state index contributed by atoms with van der Waals surface area (Å²) in [6.07, 6.45) is 0. The molecule has 0 spiro atoms. The summed E-state index contributed by atoms with van der Waals surface area (Å²) in [7, 11) is 0. The molecule has 4 rings (SSSR count). The van der Waals surface area contributed by atoms with Gasteiger partial charge in [0.2, 0.25) is 0 Å². The van der Waals surface area contributed by atoms with Crippen LogP contribution in [0.3, 0.4) is 0 Å². The molecule has 0 aliphatic rings. The van der Waals surface area contributed by atoms with Gasteiger partial charge in [-0.3, -0.25) is 0 Å². The molecule has 0 atom stereocenters. The summed E-state index contributed by atoms with van der Waals surface area (Å²) in [5.41, 5.74) is 7.21. The number of rotatable bonds is 1. The molecule has 106 valence electrons. The SMILES string of the molecule is Cc1cc(C)cc(-c2ccc3nc4ccccc4cc3c2)c1. The molecule has 4 aromatic rings. The van der Waals surface area contributed by atoms with Crippen LogP contribution in [-0.4, -0.2) is 4.98 Å². The molecular formula is C21H17N. The van der Waals surface area contributed by atoms with E-state index in [1.807, 2.05) is 6.07 Å². The molecule has 0 unspecified atom stereocenters. The van der Waals surface area contributed by atoms with Gasteiger partial charge in [0.15, 0.2) is 0 Å². The molecule has 0 saturated carbocycles. The van der Waals surface area contributed by atoms with Crippen LogP contribution in [0.5, 0.6) is 0 Å². The van der Waals surface area contributed by atoms with Crippen molar-refractivity contribution in [2.24, 2.45) is 0 Å². The normalized spacial score (nSPS) is 11.2.